The fraction of sp³-hybridized carbons (Fsp3) is 0.727. The minimum absolute atomic E-state index is 0.234. The third kappa shape index (κ3) is 5.96. The first-order valence-corrected chi connectivity index (χ1v) is 8.76. The molecule has 0 saturated carbocycles. The van der Waals surface area contributed by atoms with Crippen molar-refractivity contribution in [1.82, 2.24) is 19.3 Å². The Labute approximate surface area is 119 Å². The molecule has 1 rings (SSSR count). The number of aromatic nitrogens is 1. The maximum absolute atomic E-state index is 11.4. The van der Waals surface area contributed by atoms with E-state index in [2.05, 4.69) is 33.2 Å². The van der Waals surface area contributed by atoms with Crippen molar-refractivity contribution in [3.05, 3.63) is 16.1 Å². The van der Waals surface area contributed by atoms with Crippen LogP contribution in [0.1, 0.15) is 31.5 Å². The Morgan fingerprint density at radius 3 is 2.53 bits per heavy atom. The second-order valence-corrected chi connectivity index (χ2v) is 6.54. The van der Waals surface area contributed by atoms with E-state index in [4.69, 9.17) is 0 Å². The van der Waals surface area contributed by atoms with E-state index in [1.54, 1.807) is 6.92 Å². The van der Waals surface area contributed by atoms with Crippen LogP contribution in [0.15, 0.2) is 5.38 Å². The smallest absolute Gasteiger partial charge is 0.277 e. The topological polar surface area (TPSA) is 74.3 Å². The first-order chi connectivity index (χ1) is 9.00. The minimum atomic E-state index is -3.40. The zero-order valence-corrected chi connectivity index (χ0v) is 13.3. The molecule has 0 aliphatic carbocycles. The van der Waals surface area contributed by atoms with E-state index in [1.807, 2.05) is 5.38 Å². The molecule has 0 aliphatic rings. The number of hydrogen-bond donors (Lipinski definition) is 2. The van der Waals surface area contributed by atoms with Gasteiger partial charge in [0, 0.05) is 18.5 Å². The van der Waals surface area contributed by atoms with Crippen LogP contribution in [0.3, 0.4) is 0 Å². The fourth-order valence-electron chi connectivity index (χ4n) is 1.58. The minimum Gasteiger partial charge on any atom is -0.298 e. The first-order valence-electron chi connectivity index (χ1n) is 6.40. The Morgan fingerprint density at radius 1 is 1.26 bits per heavy atom. The van der Waals surface area contributed by atoms with Crippen LogP contribution in [0.2, 0.25) is 0 Å². The van der Waals surface area contributed by atoms with Crippen molar-refractivity contribution in [3.63, 3.8) is 0 Å². The highest BCUT2D eigenvalue weighted by molar-refractivity contribution is 7.87. The Hall–Kier alpha value is -0.540. The van der Waals surface area contributed by atoms with Gasteiger partial charge >= 0.3 is 0 Å². The van der Waals surface area contributed by atoms with E-state index < -0.39 is 10.2 Å². The monoisotopic (exact) mass is 306 g/mol. The molecule has 1 aromatic heterocycles. The average Bonchev–Trinajstić information content (AvgIpc) is 2.81. The molecule has 8 heteroatoms. The molecule has 0 aromatic carbocycles. The SMILES string of the molecule is CCNS(=O)(=O)NCc1nc(CN(CC)CC)cs1. The average molecular weight is 306 g/mol. The second-order valence-electron chi connectivity index (χ2n) is 4.02. The summed E-state index contributed by atoms with van der Waals surface area (Å²) in [5, 5.41) is 2.76. The summed E-state index contributed by atoms with van der Waals surface area (Å²) in [6.45, 7) is 9.35. The highest BCUT2D eigenvalue weighted by Gasteiger charge is 2.10. The van der Waals surface area contributed by atoms with Gasteiger partial charge in [-0.1, -0.05) is 20.8 Å². The lowest BCUT2D eigenvalue weighted by Gasteiger charge is -2.15. The van der Waals surface area contributed by atoms with Crippen LogP contribution in [0, 0.1) is 0 Å². The van der Waals surface area contributed by atoms with Gasteiger partial charge in [0.1, 0.15) is 5.01 Å². The summed E-state index contributed by atoms with van der Waals surface area (Å²) in [6.07, 6.45) is 0. The van der Waals surface area contributed by atoms with Gasteiger partial charge in [0.2, 0.25) is 0 Å². The molecular formula is C11H22N4O2S2. The van der Waals surface area contributed by atoms with E-state index >= 15 is 0 Å². The van der Waals surface area contributed by atoms with Gasteiger partial charge in [-0.2, -0.15) is 13.1 Å². The van der Waals surface area contributed by atoms with Gasteiger partial charge in [0.05, 0.1) is 12.2 Å². The Kier molecular flexibility index (Phi) is 6.87. The summed E-state index contributed by atoms with van der Waals surface area (Å²) in [4.78, 5) is 6.70. The zero-order valence-electron chi connectivity index (χ0n) is 11.6. The molecule has 1 heterocycles. The van der Waals surface area contributed by atoms with Gasteiger partial charge in [-0.3, -0.25) is 4.90 Å². The molecule has 0 bridgehead atoms. The summed E-state index contributed by atoms with van der Waals surface area (Å²) in [7, 11) is -3.40. The van der Waals surface area contributed by atoms with E-state index in [-0.39, 0.29) is 6.54 Å². The fourth-order valence-corrected chi connectivity index (χ4v) is 3.20. The predicted molar refractivity (Wildman–Crippen MR) is 78.2 cm³/mol. The van der Waals surface area contributed by atoms with E-state index in [1.165, 1.54) is 11.3 Å². The third-order valence-corrected chi connectivity index (χ3v) is 4.72. The van der Waals surface area contributed by atoms with Crippen LogP contribution < -0.4 is 9.44 Å². The molecule has 0 saturated heterocycles. The van der Waals surface area contributed by atoms with Crippen molar-refractivity contribution in [2.75, 3.05) is 19.6 Å². The molecular weight excluding hydrogens is 284 g/mol. The van der Waals surface area contributed by atoms with Gasteiger partial charge in [-0.25, -0.2) is 9.71 Å². The van der Waals surface area contributed by atoms with Crippen LogP contribution in [0.5, 0.6) is 0 Å². The molecule has 1 aromatic rings. The maximum Gasteiger partial charge on any atom is 0.277 e. The number of nitrogens with one attached hydrogen (secondary N) is 2. The summed E-state index contributed by atoms with van der Waals surface area (Å²) < 4.78 is 27.7. The third-order valence-electron chi connectivity index (χ3n) is 2.63. The lowest BCUT2D eigenvalue weighted by Crippen LogP contribution is -2.35. The van der Waals surface area contributed by atoms with Gasteiger partial charge in [0.15, 0.2) is 0 Å². The van der Waals surface area contributed by atoms with Crippen molar-refractivity contribution in [3.8, 4) is 0 Å². The quantitative estimate of drug-likeness (QED) is 0.712. The van der Waals surface area contributed by atoms with Crippen LogP contribution in [-0.4, -0.2) is 37.9 Å². The van der Waals surface area contributed by atoms with E-state index in [9.17, 15) is 8.42 Å². The Bertz CT molecular complexity index is 469. The van der Waals surface area contributed by atoms with Crippen LogP contribution in [-0.2, 0) is 23.3 Å². The largest absolute Gasteiger partial charge is 0.298 e. The maximum atomic E-state index is 11.4. The lowest BCUT2D eigenvalue weighted by atomic mass is 10.4. The van der Waals surface area contributed by atoms with Gasteiger partial charge in [-0.05, 0) is 13.1 Å². The molecule has 6 nitrogen and oxygen atoms in total. The number of rotatable bonds is 9. The van der Waals surface area contributed by atoms with E-state index in [0.29, 0.717) is 6.54 Å². The molecule has 0 atom stereocenters. The predicted octanol–water partition coefficient (Wildman–Crippen LogP) is 0.929. The molecule has 0 spiro atoms. The lowest BCUT2D eigenvalue weighted by molar-refractivity contribution is 0.292. The number of thiazole rings is 1. The van der Waals surface area contributed by atoms with Gasteiger partial charge in [0.25, 0.3) is 10.2 Å². The highest BCUT2D eigenvalue weighted by atomic mass is 32.2. The van der Waals surface area contributed by atoms with E-state index in [0.717, 1.165) is 30.3 Å². The summed E-state index contributed by atoms with van der Waals surface area (Å²) in [5.74, 6) is 0. The molecule has 0 radical (unpaired) electrons. The molecule has 0 unspecified atom stereocenters. The summed E-state index contributed by atoms with van der Waals surface area (Å²) in [6, 6.07) is 0. The molecule has 0 fully saturated rings. The van der Waals surface area contributed by atoms with Crippen molar-refractivity contribution in [2.45, 2.75) is 33.9 Å². The zero-order chi connectivity index (χ0) is 14.3. The Morgan fingerprint density at radius 2 is 1.95 bits per heavy atom. The molecule has 0 amide bonds. The normalized spacial score (nSPS) is 12.2. The Balaban J connectivity index is 2.51. The van der Waals surface area contributed by atoms with Gasteiger partial charge in [-0.15, -0.1) is 11.3 Å². The van der Waals surface area contributed by atoms with Crippen LogP contribution in [0.25, 0.3) is 0 Å². The molecule has 110 valence electrons. The first kappa shape index (κ1) is 16.5. The van der Waals surface area contributed by atoms with Crippen molar-refractivity contribution in [1.29, 1.82) is 0 Å². The molecule has 0 aliphatic heterocycles. The summed E-state index contributed by atoms with van der Waals surface area (Å²) in [5.41, 5.74) is 0.992. The number of nitrogens with zero attached hydrogens (tertiary/aromatic N) is 2. The van der Waals surface area contributed by atoms with Crippen molar-refractivity contribution in [2.24, 2.45) is 0 Å². The van der Waals surface area contributed by atoms with Crippen molar-refractivity contribution >= 4 is 21.5 Å². The second kappa shape index (κ2) is 7.91. The standard InChI is InChI=1S/C11H22N4O2S2/c1-4-12-19(16,17)13-7-11-14-10(9-18-11)8-15(5-2)6-3/h9,12-13H,4-8H2,1-3H3. The number of hydrogen-bond acceptors (Lipinski definition) is 5. The molecule has 2 N–H and O–H groups in total. The van der Waals surface area contributed by atoms with Gasteiger partial charge < -0.3 is 0 Å². The van der Waals surface area contributed by atoms with Crippen molar-refractivity contribution < 1.29 is 8.42 Å². The van der Waals surface area contributed by atoms with Crippen LogP contribution in [0.4, 0.5) is 0 Å². The summed E-state index contributed by atoms with van der Waals surface area (Å²) >= 11 is 1.48. The molecule has 19 heavy (non-hydrogen) atoms. The van der Waals surface area contributed by atoms with Crippen LogP contribution >= 0.6 is 11.3 Å². The highest BCUT2D eigenvalue weighted by Crippen LogP contribution is 2.11.